The van der Waals surface area contributed by atoms with Crippen LogP contribution in [-0.4, -0.2) is 11.7 Å². The van der Waals surface area contributed by atoms with E-state index in [2.05, 4.69) is 6.58 Å². The molecular formula is C7H9ClF2O. The van der Waals surface area contributed by atoms with Gasteiger partial charge in [-0.1, -0.05) is 6.08 Å². The highest BCUT2D eigenvalue weighted by atomic mass is 35.5. The quantitative estimate of drug-likeness (QED) is 0.472. The summed E-state index contributed by atoms with van der Waals surface area (Å²) in [5.41, 5.74) is 0. The molecule has 0 saturated heterocycles. The van der Waals surface area contributed by atoms with E-state index in [0.29, 0.717) is 6.42 Å². The molecule has 1 atom stereocenters. The van der Waals surface area contributed by atoms with Crippen molar-refractivity contribution < 1.29 is 13.6 Å². The van der Waals surface area contributed by atoms with Crippen LogP contribution in [-0.2, 0) is 4.79 Å². The molecule has 0 bridgehead atoms. The Balaban J connectivity index is 3.89. The molecule has 1 unspecified atom stereocenters. The predicted molar refractivity (Wildman–Crippen MR) is 39.8 cm³/mol. The molecule has 0 N–H and O–H groups in total. The van der Waals surface area contributed by atoms with Gasteiger partial charge in [-0.15, -0.1) is 6.58 Å². The van der Waals surface area contributed by atoms with E-state index in [1.165, 1.54) is 6.08 Å². The van der Waals surface area contributed by atoms with E-state index in [0.717, 1.165) is 0 Å². The van der Waals surface area contributed by atoms with Crippen LogP contribution >= 0.6 is 11.6 Å². The van der Waals surface area contributed by atoms with Crippen molar-refractivity contribution in [2.24, 2.45) is 5.92 Å². The molecule has 0 aliphatic carbocycles. The van der Waals surface area contributed by atoms with Gasteiger partial charge in [0.25, 0.3) is 0 Å². The van der Waals surface area contributed by atoms with Crippen molar-refractivity contribution >= 4 is 16.8 Å². The van der Waals surface area contributed by atoms with Crippen LogP contribution < -0.4 is 0 Å². The lowest BCUT2D eigenvalue weighted by Gasteiger charge is -2.08. The fraction of sp³-hybridized carbons (Fsp3) is 0.571. The second-order valence-corrected chi connectivity index (χ2v) is 2.48. The van der Waals surface area contributed by atoms with Crippen molar-refractivity contribution in [3.05, 3.63) is 12.7 Å². The summed E-state index contributed by atoms with van der Waals surface area (Å²) in [4.78, 5) is 10.3. The average Bonchev–Trinajstić information content (AvgIpc) is 1.87. The van der Waals surface area contributed by atoms with Gasteiger partial charge in [-0.25, -0.2) is 8.78 Å². The van der Waals surface area contributed by atoms with Crippen LogP contribution in [0.3, 0.4) is 0 Å². The van der Waals surface area contributed by atoms with Gasteiger partial charge in [0, 0.05) is 0 Å². The van der Waals surface area contributed by atoms with Crippen molar-refractivity contribution in [3.8, 4) is 0 Å². The van der Waals surface area contributed by atoms with Gasteiger partial charge in [0.1, 0.15) is 0 Å². The van der Waals surface area contributed by atoms with E-state index < -0.39 is 17.6 Å². The topological polar surface area (TPSA) is 17.1 Å². The molecule has 0 saturated carbocycles. The molecule has 0 fully saturated rings. The Morgan fingerprint density at radius 2 is 2.18 bits per heavy atom. The van der Waals surface area contributed by atoms with E-state index in [4.69, 9.17) is 11.6 Å². The van der Waals surface area contributed by atoms with Crippen LogP contribution in [0, 0.1) is 5.92 Å². The molecule has 0 aliphatic heterocycles. The number of allylic oxidation sites excluding steroid dienone is 1. The van der Waals surface area contributed by atoms with Crippen molar-refractivity contribution in [2.45, 2.75) is 19.3 Å². The van der Waals surface area contributed by atoms with Gasteiger partial charge in [0.05, 0.1) is 5.92 Å². The SMILES string of the molecule is C=CCCC(C(=O)Cl)C(F)F. The highest BCUT2D eigenvalue weighted by Crippen LogP contribution is 2.18. The van der Waals surface area contributed by atoms with E-state index in [9.17, 15) is 13.6 Å². The minimum Gasteiger partial charge on any atom is -0.281 e. The van der Waals surface area contributed by atoms with Crippen LogP contribution in [0.5, 0.6) is 0 Å². The maximum absolute atomic E-state index is 11.9. The zero-order valence-corrected chi connectivity index (χ0v) is 6.65. The van der Waals surface area contributed by atoms with Crippen LogP contribution in [0.25, 0.3) is 0 Å². The molecule has 0 aromatic carbocycles. The van der Waals surface area contributed by atoms with Crippen LogP contribution in [0.15, 0.2) is 12.7 Å². The van der Waals surface area contributed by atoms with Gasteiger partial charge in [-0.2, -0.15) is 0 Å². The molecule has 0 radical (unpaired) electrons. The molecule has 4 heteroatoms. The number of hydrogen-bond donors (Lipinski definition) is 0. The van der Waals surface area contributed by atoms with Gasteiger partial charge in [-0.3, -0.25) is 4.79 Å². The lowest BCUT2D eigenvalue weighted by Crippen LogP contribution is -2.17. The van der Waals surface area contributed by atoms with Crippen LogP contribution in [0.4, 0.5) is 8.78 Å². The largest absolute Gasteiger partial charge is 0.281 e. The summed E-state index contributed by atoms with van der Waals surface area (Å²) in [5, 5.41) is -0.971. The van der Waals surface area contributed by atoms with Crippen molar-refractivity contribution in [1.82, 2.24) is 0 Å². The van der Waals surface area contributed by atoms with Gasteiger partial charge in [0.2, 0.25) is 11.7 Å². The highest BCUT2D eigenvalue weighted by Gasteiger charge is 2.25. The number of alkyl halides is 2. The molecular weight excluding hydrogens is 174 g/mol. The average molecular weight is 183 g/mol. The maximum atomic E-state index is 11.9. The van der Waals surface area contributed by atoms with Crippen LogP contribution in [0.2, 0.25) is 0 Å². The Bertz CT molecular complexity index is 147. The first-order valence-electron chi connectivity index (χ1n) is 3.18. The normalized spacial score (nSPS) is 13.1. The van der Waals surface area contributed by atoms with Gasteiger partial charge in [-0.05, 0) is 24.4 Å². The molecule has 0 heterocycles. The Morgan fingerprint density at radius 3 is 2.45 bits per heavy atom. The summed E-state index contributed by atoms with van der Waals surface area (Å²) in [6, 6.07) is 0. The minimum atomic E-state index is -2.67. The van der Waals surface area contributed by atoms with Gasteiger partial charge >= 0.3 is 0 Å². The number of carbonyl (C=O) groups excluding carboxylic acids is 1. The van der Waals surface area contributed by atoms with E-state index in [1.54, 1.807) is 0 Å². The van der Waals surface area contributed by atoms with Gasteiger partial charge in [0.15, 0.2) is 0 Å². The van der Waals surface area contributed by atoms with Crippen molar-refractivity contribution in [1.29, 1.82) is 0 Å². The third-order valence-corrected chi connectivity index (χ3v) is 1.56. The van der Waals surface area contributed by atoms with Gasteiger partial charge < -0.3 is 0 Å². The summed E-state index contributed by atoms with van der Waals surface area (Å²) < 4.78 is 23.9. The molecule has 0 aliphatic rings. The Labute approximate surface area is 69.0 Å². The molecule has 0 amide bonds. The molecule has 0 spiro atoms. The molecule has 0 aromatic heterocycles. The van der Waals surface area contributed by atoms with Crippen LogP contribution in [0.1, 0.15) is 12.8 Å². The maximum Gasteiger partial charge on any atom is 0.249 e. The van der Waals surface area contributed by atoms with Crippen molar-refractivity contribution in [2.75, 3.05) is 0 Å². The molecule has 0 rings (SSSR count). The number of carbonyl (C=O) groups is 1. The Hall–Kier alpha value is -0.440. The Kier molecular flexibility index (Phi) is 5.03. The Morgan fingerprint density at radius 1 is 1.64 bits per heavy atom. The monoisotopic (exact) mass is 182 g/mol. The number of halogens is 3. The first-order chi connectivity index (χ1) is 5.09. The summed E-state index contributed by atoms with van der Waals surface area (Å²) in [7, 11) is 0. The third-order valence-electron chi connectivity index (χ3n) is 1.28. The van der Waals surface area contributed by atoms with E-state index >= 15 is 0 Å². The third kappa shape index (κ3) is 4.09. The summed E-state index contributed by atoms with van der Waals surface area (Å²) >= 11 is 4.92. The second kappa shape index (κ2) is 5.24. The molecule has 64 valence electrons. The second-order valence-electron chi connectivity index (χ2n) is 2.11. The lowest BCUT2D eigenvalue weighted by atomic mass is 10.1. The molecule has 1 nitrogen and oxygen atoms in total. The zero-order valence-electron chi connectivity index (χ0n) is 5.90. The fourth-order valence-electron chi connectivity index (χ4n) is 0.636. The van der Waals surface area contributed by atoms with Crippen molar-refractivity contribution in [3.63, 3.8) is 0 Å². The lowest BCUT2D eigenvalue weighted by molar-refractivity contribution is -0.119. The molecule has 0 aromatic rings. The van der Waals surface area contributed by atoms with E-state index in [1.807, 2.05) is 0 Å². The summed E-state index contributed by atoms with van der Waals surface area (Å²) in [5.74, 6) is -1.34. The highest BCUT2D eigenvalue weighted by molar-refractivity contribution is 6.64. The number of rotatable bonds is 5. The standard InChI is InChI=1S/C7H9ClF2O/c1-2-3-4-5(6(8)11)7(9)10/h2,5,7H,1,3-4H2. The van der Waals surface area contributed by atoms with E-state index in [-0.39, 0.29) is 6.42 Å². The summed E-state index contributed by atoms with van der Waals surface area (Å²) in [6.07, 6.45) is -0.730. The smallest absolute Gasteiger partial charge is 0.249 e. The first kappa shape index (κ1) is 10.6. The fourth-order valence-corrected chi connectivity index (χ4v) is 0.840. The zero-order chi connectivity index (χ0) is 8.85. The molecule has 11 heavy (non-hydrogen) atoms. The summed E-state index contributed by atoms with van der Waals surface area (Å²) in [6.45, 7) is 3.35. The first-order valence-corrected chi connectivity index (χ1v) is 3.55. The number of hydrogen-bond acceptors (Lipinski definition) is 1. The predicted octanol–water partition coefficient (Wildman–Crippen LogP) is 2.60. The minimum absolute atomic E-state index is 0.0729.